The molecule has 0 unspecified atom stereocenters. The summed E-state index contributed by atoms with van der Waals surface area (Å²) >= 11 is 2.96. The minimum absolute atomic E-state index is 0.0843. The van der Waals surface area contributed by atoms with E-state index in [4.69, 9.17) is 5.26 Å². The van der Waals surface area contributed by atoms with Crippen LogP contribution in [-0.2, 0) is 5.33 Å². The van der Waals surface area contributed by atoms with E-state index in [0.29, 0.717) is 0 Å². The van der Waals surface area contributed by atoms with Crippen molar-refractivity contribution in [3.63, 3.8) is 0 Å². The van der Waals surface area contributed by atoms with Gasteiger partial charge in [-0.05, 0) is 16.0 Å². The Labute approximate surface area is 97.0 Å². The van der Waals surface area contributed by atoms with E-state index in [-0.39, 0.29) is 11.0 Å². The van der Waals surface area contributed by atoms with Crippen molar-refractivity contribution in [3.05, 3.63) is 33.0 Å². The topological polar surface area (TPSA) is 79.8 Å². The van der Waals surface area contributed by atoms with E-state index in [1.807, 2.05) is 0 Å². The third-order valence-corrected chi connectivity index (χ3v) is 2.32. The van der Waals surface area contributed by atoms with Gasteiger partial charge in [-0.15, -0.1) is 0 Å². The number of halogens is 3. The number of pyridine rings is 1. The fourth-order valence-corrected chi connectivity index (χ4v) is 1.38. The first-order valence-electron chi connectivity index (χ1n) is 3.93. The summed E-state index contributed by atoms with van der Waals surface area (Å²) in [5, 5.41) is 19.3. The highest BCUT2D eigenvalue weighted by Crippen LogP contribution is 2.29. The fraction of sp³-hybridized carbons (Fsp3) is 0.250. The van der Waals surface area contributed by atoms with Gasteiger partial charge in [-0.1, -0.05) is 15.9 Å². The molecular weight excluding hydrogens is 288 g/mol. The molecule has 0 aliphatic rings. The lowest BCUT2D eigenvalue weighted by Gasteiger charge is -2.03. The molecule has 0 amide bonds. The molecule has 0 radical (unpaired) electrons. The maximum Gasteiger partial charge on any atom is 0.382 e. The largest absolute Gasteiger partial charge is 0.382 e. The smallest absolute Gasteiger partial charge is 0.358 e. The van der Waals surface area contributed by atoms with Crippen molar-refractivity contribution in [2.24, 2.45) is 0 Å². The zero-order valence-electron chi connectivity index (χ0n) is 7.65. The minimum atomic E-state index is -2.95. The highest BCUT2D eigenvalue weighted by atomic mass is 79.9. The van der Waals surface area contributed by atoms with Crippen molar-refractivity contribution in [1.82, 2.24) is 4.98 Å². The molecule has 1 aromatic heterocycles. The van der Waals surface area contributed by atoms with Gasteiger partial charge in [0.15, 0.2) is 11.3 Å². The molecule has 0 saturated heterocycles. The van der Waals surface area contributed by atoms with Crippen LogP contribution >= 0.6 is 15.9 Å². The highest BCUT2D eigenvalue weighted by molar-refractivity contribution is 9.08. The summed E-state index contributed by atoms with van der Waals surface area (Å²) < 4.78 is 25.1. The van der Waals surface area contributed by atoms with E-state index in [2.05, 4.69) is 20.9 Å². The summed E-state index contributed by atoms with van der Waals surface area (Å²) in [5.41, 5.74) is -1.27. The van der Waals surface area contributed by atoms with Crippen LogP contribution in [0.4, 0.5) is 14.6 Å². The summed E-state index contributed by atoms with van der Waals surface area (Å²) in [6.07, 6.45) is -2.95. The second-order valence-corrected chi connectivity index (χ2v) is 3.27. The highest BCUT2D eigenvalue weighted by Gasteiger charge is 2.26. The van der Waals surface area contributed by atoms with Crippen molar-refractivity contribution in [3.8, 4) is 6.07 Å². The van der Waals surface area contributed by atoms with Crippen LogP contribution in [0.15, 0.2) is 6.07 Å². The Morgan fingerprint density at radius 2 is 2.31 bits per heavy atom. The lowest BCUT2D eigenvalue weighted by Crippen LogP contribution is -2.03. The number of hydrogen-bond acceptors (Lipinski definition) is 4. The predicted molar refractivity (Wildman–Crippen MR) is 53.2 cm³/mol. The van der Waals surface area contributed by atoms with E-state index in [9.17, 15) is 18.9 Å². The molecular formula is C8H4BrF2N3O2. The third kappa shape index (κ3) is 2.30. The van der Waals surface area contributed by atoms with E-state index in [0.717, 1.165) is 6.07 Å². The predicted octanol–water partition coefficient (Wildman–Crippen LogP) is 2.69. The Kier molecular flexibility index (Phi) is 3.84. The number of rotatable bonds is 3. The van der Waals surface area contributed by atoms with Gasteiger partial charge in [-0.25, -0.2) is 8.78 Å². The average Bonchev–Trinajstić information content (AvgIpc) is 2.26. The molecule has 8 heteroatoms. The molecule has 0 bridgehead atoms. The molecule has 1 rings (SSSR count). The second-order valence-electron chi connectivity index (χ2n) is 2.70. The fourth-order valence-electron chi connectivity index (χ4n) is 1.09. The van der Waals surface area contributed by atoms with E-state index in [1.165, 1.54) is 6.07 Å². The van der Waals surface area contributed by atoms with Crippen LogP contribution in [0.25, 0.3) is 0 Å². The van der Waals surface area contributed by atoms with Crippen LogP contribution in [0.5, 0.6) is 0 Å². The summed E-state index contributed by atoms with van der Waals surface area (Å²) in [7, 11) is 0. The molecule has 0 fully saturated rings. The number of nitro groups is 1. The van der Waals surface area contributed by atoms with Crippen molar-refractivity contribution < 1.29 is 13.7 Å². The zero-order valence-corrected chi connectivity index (χ0v) is 9.24. The van der Waals surface area contributed by atoms with Gasteiger partial charge >= 0.3 is 5.82 Å². The number of aromatic nitrogens is 1. The Balaban J connectivity index is 3.54. The van der Waals surface area contributed by atoms with Crippen LogP contribution in [0.2, 0.25) is 0 Å². The first kappa shape index (κ1) is 12.4. The van der Waals surface area contributed by atoms with E-state index < -0.39 is 28.3 Å². The van der Waals surface area contributed by atoms with E-state index in [1.54, 1.807) is 0 Å². The molecule has 0 N–H and O–H groups in total. The second kappa shape index (κ2) is 4.94. The third-order valence-electron chi connectivity index (χ3n) is 1.74. The first-order valence-corrected chi connectivity index (χ1v) is 5.05. The molecule has 0 aliphatic heterocycles. The molecule has 0 saturated carbocycles. The monoisotopic (exact) mass is 291 g/mol. The summed E-state index contributed by atoms with van der Waals surface area (Å²) in [4.78, 5) is 13.1. The molecule has 84 valence electrons. The maximum atomic E-state index is 12.6. The normalized spacial score (nSPS) is 10.2. The van der Waals surface area contributed by atoms with Gasteiger partial charge in [0.2, 0.25) is 0 Å². The van der Waals surface area contributed by atoms with Gasteiger partial charge in [-0.2, -0.15) is 5.26 Å². The minimum Gasteiger partial charge on any atom is -0.358 e. The van der Waals surface area contributed by atoms with Crippen LogP contribution in [-0.4, -0.2) is 9.91 Å². The Hall–Kier alpha value is -1.62. The Bertz CT molecular complexity index is 473. The number of hydrogen-bond donors (Lipinski definition) is 0. The SMILES string of the molecule is N#Cc1c(C(F)F)cc(CBr)nc1[N+](=O)[O-]. The number of nitrogens with zero attached hydrogens (tertiary/aromatic N) is 3. The summed E-state index contributed by atoms with van der Waals surface area (Å²) in [6, 6.07) is 2.36. The molecule has 0 aliphatic carbocycles. The van der Waals surface area contributed by atoms with Gasteiger partial charge in [0, 0.05) is 5.56 Å². The van der Waals surface area contributed by atoms with Gasteiger partial charge in [0.05, 0.1) is 5.33 Å². The summed E-state index contributed by atoms with van der Waals surface area (Å²) in [6.45, 7) is 0. The van der Waals surface area contributed by atoms with Gasteiger partial charge in [0.25, 0.3) is 6.43 Å². The standard InChI is InChI=1S/C8H4BrF2N3O2/c9-2-4-1-5(7(10)11)6(3-12)8(13-4)14(15)16/h1,7H,2H2. The molecule has 0 aromatic carbocycles. The lowest BCUT2D eigenvalue weighted by molar-refractivity contribution is -0.390. The maximum absolute atomic E-state index is 12.6. The van der Waals surface area contributed by atoms with E-state index >= 15 is 0 Å². The first-order chi connectivity index (χ1) is 7.51. The Morgan fingerprint density at radius 3 is 2.69 bits per heavy atom. The number of alkyl halides is 3. The van der Waals surface area contributed by atoms with Gasteiger partial charge in [-0.3, -0.25) is 0 Å². The molecule has 5 nitrogen and oxygen atoms in total. The average molecular weight is 292 g/mol. The van der Waals surface area contributed by atoms with Gasteiger partial charge in [0.1, 0.15) is 6.07 Å². The molecule has 0 atom stereocenters. The molecule has 1 aromatic rings. The van der Waals surface area contributed by atoms with Crippen molar-refractivity contribution in [1.29, 1.82) is 5.26 Å². The van der Waals surface area contributed by atoms with Crippen LogP contribution < -0.4 is 0 Å². The zero-order chi connectivity index (χ0) is 12.3. The van der Waals surface area contributed by atoms with Crippen LogP contribution in [0, 0.1) is 21.4 Å². The van der Waals surface area contributed by atoms with Crippen molar-refractivity contribution in [2.75, 3.05) is 0 Å². The Morgan fingerprint density at radius 1 is 1.69 bits per heavy atom. The lowest BCUT2D eigenvalue weighted by atomic mass is 10.1. The number of nitriles is 1. The quantitative estimate of drug-likeness (QED) is 0.487. The van der Waals surface area contributed by atoms with Gasteiger partial charge < -0.3 is 10.1 Å². The van der Waals surface area contributed by atoms with Crippen molar-refractivity contribution >= 4 is 21.7 Å². The van der Waals surface area contributed by atoms with Crippen LogP contribution in [0.3, 0.4) is 0 Å². The summed E-state index contributed by atoms with van der Waals surface area (Å²) in [5.74, 6) is -0.838. The van der Waals surface area contributed by atoms with Crippen LogP contribution in [0.1, 0.15) is 23.2 Å². The molecule has 1 heterocycles. The molecule has 0 spiro atoms. The molecule has 16 heavy (non-hydrogen) atoms. The van der Waals surface area contributed by atoms with Crippen molar-refractivity contribution in [2.45, 2.75) is 11.8 Å².